The van der Waals surface area contributed by atoms with Crippen molar-refractivity contribution in [2.45, 2.75) is 257 Å². The Hall–Kier alpha value is -1.47. The average molecular weight is 762 g/mol. The number of aliphatic hydroxyl groups is 4. The van der Waals surface area contributed by atoms with Crippen LogP contribution in [0.2, 0.25) is 0 Å². The van der Waals surface area contributed by atoms with Gasteiger partial charge in [0.1, 0.15) is 12.2 Å². The SMILES string of the molecule is CCCCCCCC/C=C\CCCCC(O)C(=O)NC(CO)C(O)C(O)CCC/C=C/CC/C=C/CCCCCCCCCCCCCCCCCCC. The predicted octanol–water partition coefficient (Wildman–Crippen LogP) is 12.5. The van der Waals surface area contributed by atoms with Crippen LogP contribution in [0.25, 0.3) is 0 Å². The second-order valence-electron chi connectivity index (χ2n) is 16.1. The number of aliphatic hydroxyl groups excluding tert-OH is 4. The largest absolute Gasteiger partial charge is 0.394 e. The van der Waals surface area contributed by atoms with Gasteiger partial charge in [-0.15, -0.1) is 0 Å². The summed E-state index contributed by atoms with van der Waals surface area (Å²) in [6, 6.07) is -1.02. The molecule has 0 aromatic heterocycles. The van der Waals surface area contributed by atoms with Gasteiger partial charge < -0.3 is 25.7 Å². The van der Waals surface area contributed by atoms with Gasteiger partial charge in [0, 0.05) is 0 Å². The zero-order valence-electron chi connectivity index (χ0n) is 35.7. The summed E-state index contributed by atoms with van der Waals surface area (Å²) < 4.78 is 0. The highest BCUT2D eigenvalue weighted by Gasteiger charge is 2.28. The second-order valence-corrected chi connectivity index (χ2v) is 16.1. The standard InChI is InChI=1S/C48H91NO5/c1-3-5-7-9-11-13-15-17-18-19-20-21-22-23-24-25-26-27-28-29-30-32-33-35-37-39-41-45(51)47(53)44(43-50)49-48(54)46(52)42-40-38-36-34-31-16-14-12-10-8-6-4-2/h28-29,31,33-35,44-47,50-53H,3-27,30,32,36-43H2,1-2H3,(H,49,54)/b29-28+,34-31-,35-33+. The smallest absolute Gasteiger partial charge is 0.249 e. The summed E-state index contributed by atoms with van der Waals surface area (Å²) in [5, 5.41) is 43.6. The van der Waals surface area contributed by atoms with Gasteiger partial charge in [0.05, 0.1) is 18.8 Å². The van der Waals surface area contributed by atoms with Crippen LogP contribution in [0.5, 0.6) is 0 Å². The quantitative estimate of drug-likeness (QED) is 0.0314. The van der Waals surface area contributed by atoms with E-state index in [0.29, 0.717) is 25.7 Å². The van der Waals surface area contributed by atoms with Crippen molar-refractivity contribution < 1.29 is 25.2 Å². The minimum atomic E-state index is -1.30. The Morgan fingerprint density at radius 1 is 0.444 bits per heavy atom. The van der Waals surface area contributed by atoms with Crippen LogP contribution in [-0.4, -0.2) is 57.3 Å². The van der Waals surface area contributed by atoms with Crippen molar-refractivity contribution in [3.8, 4) is 0 Å². The number of amides is 1. The molecular weight excluding hydrogens is 671 g/mol. The second kappa shape index (κ2) is 42.7. The minimum Gasteiger partial charge on any atom is -0.394 e. The lowest BCUT2D eigenvalue weighted by Gasteiger charge is -2.27. The molecule has 0 saturated carbocycles. The van der Waals surface area contributed by atoms with E-state index < -0.39 is 36.9 Å². The first-order chi connectivity index (χ1) is 26.5. The fraction of sp³-hybridized carbons (Fsp3) is 0.854. The lowest BCUT2D eigenvalue weighted by Crippen LogP contribution is -2.53. The topological polar surface area (TPSA) is 110 Å². The Labute approximate surface area is 335 Å². The molecule has 0 heterocycles. The van der Waals surface area contributed by atoms with Gasteiger partial charge in [0.2, 0.25) is 5.91 Å². The minimum absolute atomic E-state index is 0.329. The Morgan fingerprint density at radius 2 is 0.778 bits per heavy atom. The van der Waals surface area contributed by atoms with Gasteiger partial charge in [-0.3, -0.25) is 4.79 Å². The Kier molecular flexibility index (Phi) is 41.5. The fourth-order valence-corrected chi connectivity index (χ4v) is 7.06. The van der Waals surface area contributed by atoms with Crippen LogP contribution in [-0.2, 0) is 4.79 Å². The summed E-state index contributed by atoms with van der Waals surface area (Å²) in [5.74, 6) is -0.615. The summed E-state index contributed by atoms with van der Waals surface area (Å²) >= 11 is 0. The summed E-state index contributed by atoms with van der Waals surface area (Å²) in [7, 11) is 0. The van der Waals surface area contributed by atoms with Gasteiger partial charge in [-0.25, -0.2) is 0 Å². The van der Waals surface area contributed by atoms with E-state index in [1.54, 1.807) is 0 Å². The molecule has 6 nitrogen and oxygen atoms in total. The molecule has 54 heavy (non-hydrogen) atoms. The van der Waals surface area contributed by atoms with Crippen LogP contribution < -0.4 is 5.32 Å². The number of hydrogen-bond acceptors (Lipinski definition) is 5. The molecule has 0 fully saturated rings. The molecule has 0 radical (unpaired) electrons. The van der Waals surface area contributed by atoms with E-state index in [1.807, 2.05) is 0 Å². The molecule has 0 aromatic rings. The van der Waals surface area contributed by atoms with Gasteiger partial charge in [-0.05, 0) is 77.0 Å². The third-order valence-electron chi connectivity index (χ3n) is 10.8. The summed E-state index contributed by atoms with van der Waals surface area (Å²) in [6.45, 7) is 4.02. The molecule has 0 saturated heterocycles. The number of carbonyl (C=O) groups is 1. The maximum absolute atomic E-state index is 12.5. The van der Waals surface area contributed by atoms with Gasteiger partial charge in [0.15, 0.2) is 0 Å². The molecular formula is C48H91NO5. The highest BCUT2D eigenvalue weighted by Crippen LogP contribution is 2.15. The number of carbonyl (C=O) groups excluding carboxylic acids is 1. The zero-order valence-corrected chi connectivity index (χ0v) is 35.7. The van der Waals surface area contributed by atoms with E-state index in [4.69, 9.17) is 0 Å². The molecule has 4 unspecified atom stereocenters. The molecule has 5 N–H and O–H groups in total. The number of unbranched alkanes of at least 4 members (excludes halogenated alkanes) is 27. The molecule has 0 rings (SSSR count). The number of rotatable bonds is 42. The van der Waals surface area contributed by atoms with Crippen LogP contribution >= 0.6 is 0 Å². The van der Waals surface area contributed by atoms with Crippen LogP contribution in [0.3, 0.4) is 0 Å². The van der Waals surface area contributed by atoms with Crippen molar-refractivity contribution in [1.29, 1.82) is 0 Å². The molecule has 318 valence electrons. The summed E-state index contributed by atoms with van der Waals surface area (Å²) in [6.07, 6.45) is 50.6. The van der Waals surface area contributed by atoms with Crippen molar-refractivity contribution in [3.05, 3.63) is 36.5 Å². The first-order valence-electron chi connectivity index (χ1n) is 23.4. The Balaban J connectivity index is 3.74. The van der Waals surface area contributed by atoms with Crippen LogP contribution in [0.1, 0.15) is 232 Å². The Bertz CT molecular complexity index is 858. The molecule has 0 spiro atoms. The molecule has 0 aromatic carbocycles. The molecule has 0 aliphatic heterocycles. The number of allylic oxidation sites excluding steroid dienone is 6. The number of hydrogen-bond donors (Lipinski definition) is 5. The van der Waals surface area contributed by atoms with E-state index in [0.717, 1.165) is 38.5 Å². The van der Waals surface area contributed by atoms with Crippen molar-refractivity contribution in [3.63, 3.8) is 0 Å². The van der Waals surface area contributed by atoms with Gasteiger partial charge in [-0.2, -0.15) is 0 Å². The van der Waals surface area contributed by atoms with Crippen molar-refractivity contribution in [1.82, 2.24) is 5.32 Å². The average Bonchev–Trinajstić information content (AvgIpc) is 3.18. The fourth-order valence-electron chi connectivity index (χ4n) is 7.06. The van der Waals surface area contributed by atoms with E-state index >= 15 is 0 Å². The first kappa shape index (κ1) is 52.5. The van der Waals surface area contributed by atoms with Crippen molar-refractivity contribution >= 4 is 5.91 Å². The normalized spacial score (nSPS) is 14.4. The molecule has 1 amide bonds. The van der Waals surface area contributed by atoms with Crippen molar-refractivity contribution in [2.75, 3.05) is 6.61 Å². The van der Waals surface area contributed by atoms with Crippen LogP contribution in [0.15, 0.2) is 36.5 Å². The van der Waals surface area contributed by atoms with Crippen LogP contribution in [0.4, 0.5) is 0 Å². The van der Waals surface area contributed by atoms with Gasteiger partial charge >= 0.3 is 0 Å². The highest BCUT2D eigenvalue weighted by molar-refractivity contribution is 5.80. The maximum Gasteiger partial charge on any atom is 0.249 e. The summed E-state index contributed by atoms with van der Waals surface area (Å²) in [4.78, 5) is 12.5. The lowest BCUT2D eigenvalue weighted by atomic mass is 10.00. The first-order valence-corrected chi connectivity index (χ1v) is 23.4. The van der Waals surface area contributed by atoms with E-state index in [1.165, 1.54) is 154 Å². The lowest BCUT2D eigenvalue weighted by molar-refractivity contribution is -0.132. The highest BCUT2D eigenvalue weighted by atomic mass is 16.3. The molecule has 0 aliphatic rings. The van der Waals surface area contributed by atoms with E-state index in [2.05, 4.69) is 55.6 Å². The summed E-state index contributed by atoms with van der Waals surface area (Å²) in [5.41, 5.74) is 0. The maximum atomic E-state index is 12.5. The van der Waals surface area contributed by atoms with E-state index in [-0.39, 0.29) is 0 Å². The molecule has 0 aliphatic carbocycles. The zero-order chi connectivity index (χ0) is 39.6. The number of nitrogens with one attached hydrogen (secondary N) is 1. The molecule has 6 heteroatoms. The predicted molar refractivity (Wildman–Crippen MR) is 233 cm³/mol. The molecule has 0 bridgehead atoms. The third-order valence-corrected chi connectivity index (χ3v) is 10.8. The van der Waals surface area contributed by atoms with E-state index in [9.17, 15) is 25.2 Å². The molecule has 4 atom stereocenters. The third kappa shape index (κ3) is 36.2. The monoisotopic (exact) mass is 762 g/mol. The van der Waals surface area contributed by atoms with Crippen LogP contribution in [0, 0.1) is 0 Å². The van der Waals surface area contributed by atoms with Gasteiger partial charge in [0.25, 0.3) is 0 Å². The Morgan fingerprint density at radius 3 is 1.17 bits per heavy atom. The van der Waals surface area contributed by atoms with Crippen molar-refractivity contribution in [2.24, 2.45) is 0 Å². The van der Waals surface area contributed by atoms with Gasteiger partial charge in [-0.1, -0.05) is 192 Å².